The number of ether oxygens (including phenoxy) is 1. The van der Waals surface area contributed by atoms with Crippen molar-refractivity contribution in [2.75, 3.05) is 12.5 Å². The van der Waals surface area contributed by atoms with E-state index in [1.54, 1.807) is 19.5 Å². The van der Waals surface area contributed by atoms with Crippen LogP contribution in [0.25, 0.3) is 11.3 Å². The Balaban J connectivity index is 1.75. The molecule has 0 atom stereocenters. The summed E-state index contributed by atoms with van der Waals surface area (Å²) in [6.45, 7) is 0. The minimum Gasteiger partial charge on any atom is -0.496 e. The number of hydrogen-bond acceptors (Lipinski definition) is 6. The molecule has 2 aromatic carbocycles. The summed E-state index contributed by atoms with van der Waals surface area (Å²) >= 11 is 0. The van der Waals surface area contributed by atoms with Gasteiger partial charge in [-0.2, -0.15) is 10.2 Å². The van der Waals surface area contributed by atoms with Gasteiger partial charge in [-0.3, -0.25) is 0 Å². The quantitative estimate of drug-likeness (QED) is 0.579. The minimum atomic E-state index is 0.331. The van der Waals surface area contributed by atoms with Crippen molar-refractivity contribution in [2.45, 2.75) is 0 Å². The van der Waals surface area contributed by atoms with Gasteiger partial charge in [-0.15, -0.1) is 5.10 Å². The summed E-state index contributed by atoms with van der Waals surface area (Å²) in [5.41, 5.74) is 5.34. The molecule has 114 valence electrons. The molecule has 0 bridgehead atoms. The first-order valence-electron chi connectivity index (χ1n) is 7.04. The normalized spacial score (nSPS) is 10.7. The van der Waals surface area contributed by atoms with Gasteiger partial charge in [-0.25, -0.2) is 10.4 Å². The van der Waals surface area contributed by atoms with Crippen molar-refractivity contribution < 1.29 is 4.74 Å². The topological polar surface area (TPSA) is 72.3 Å². The van der Waals surface area contributed by atoms with E-state index in [-0.39, 0.29) is 0 Å². The average molecular weight is 305 g/mol. The fraction of sp³-hybridized carbons (Fsp3) is 0.0588. The minimum absolute atomic E-state index is 0.331. The number of methoxy groups -OCH3 is 1. The molecule has 0 aliphatic rings. The highest BCUT2D eigenvalue weighted by atomic mass is 16.5. The lowest BCUT2D eigenvalue weighted by atomic mass is 10.2. The molecular formula is C17H15N5O. The monoisotopic (exact) mass is 305 g/mol. The van der Waals surface area contributed by atoms with E-state index in [1.165, 1.54) is 0 Å². The molecule has 0 aliphatic carbocycles. The van der Waals surface area contributed by atoms with Crippen LogP contribution >= 0.6 is 0 Å². The van der Waals surface area contributed by atoms with Crippen LogP contribution in [0, 0.1) is 0 Å². The zero-order chi connectivity index (χ0) is 15.9. The Bertz CT molecular complexity index is 805. The van der Waals surface area contributed by atoms with Gasteiger partial charge in [0.25, 0.3) is 5.95 Å². The number of benzene rings is 2. The lowest BCUT2D eigenvalue weighted by molar-refractivity contribution is 0.414. The molecule has 1 N–H and O–H groups in total. The van der Waals surface area contributed by atoms with E-state index in [1.807, 2.05) is 54.6 Å². The lowest BCUT2D eigenvalue weighted by Crippen LogP contribution is -2.00. The SMILES string of the molecule is COc1ccccc1/C=N/Nc1nncc(-c2ccccc2)n1. The number of hydrazone groups is 1. The van der Waals surface area contributed by atoms with Gasteiger partial charge in [0, 0.05) is 11.1 Å². The van der Waals surface area contributed by atoms with Crippen LogP contribution in [-0.4, -0.2) is 28.5 Å². The lowest BCUT2D eigenvalue weighted by Gasteiger charge is -2.04. The van der Waals surface area contributed by atoms with E-state index < -0.39 is 0 Å². The summed E-state index contributed by atoms with van der Waals surface area (Å²) in [6.07, 6.45) is 3.27. The molecule has 0 radical (unpaired) electrons. The molecule has 0 saturated heterocycles. The molecule has 1 heterocycles. The average Bonchev–Trinajstić information content (AvgIpc) is 2.63. The van der Waals surface area contributed by atoms with Gasteiger partial charge >= 0.3 is 0 Å². The van der Waals surface area contributed by atoms with Crippen molar-refractivity contribution in [1.82, 2.24) is 15.2 Å². The Hall–Kier alpha value is -3.28. The molecule has 1 aromatic heterocycles. The molecular weight excluding hydrogens is 290 g/mol. The number of anilines is 1. The first-order chi connectivity index (χ1) is 11.4. The maximum atomic E-state index is 5.26. The van der Waals surface area contributed by atoms with Crippen LogP contribution in [0.3, 0.4) is 0 Å². The van der Waals surface area contributed by atoms with Crippen molar-refractivity contribution in [3.63, 3.8) is 0 Å². The predicted octanol–water partition coefficient (Wildman–Crippen LogP) is 2.99. The van der Waals surface area contributed by atoms with Crippen LogP contribution in [0.4, 0.5) is 5.95 Å². The van der Waals surface area contributed by atoms with E-state index >= 15 is 0 Å². The van der Waals surface area contributed by atoms with Crippen molar-refractivity contribution in [3.05, 3.63) is 66.4 Å². The Morgan fingerprint density at radius 2 is 1.83 bits per heavy atom. The number of aromatic nitrogens is 3. The molecule has 0 spiro atoms. The van der Waals surface area contributed by atoms with E-state index in [9.17, 15) is 0 Å². The molecule has 0 aliphatic heterocycles. The maximum Gasteiger partial charge on any atom is 0.263 e. The predicted molar refractivity (Wildman–Crippen MR) is 89.5 cm³/mol. The van der Waals surface area contributed by atoms with Crippen LogP contribution < -0.4 is 10.2 Å². The van der Waals surface area contributed by atoms with Crippen LogP contribution in [0.1, 0.15) is 5.56 Å². The van der Waals surface area contributed by atoms with Gasteiger partial charge in [0.1, 0.15) is 5.75 Å². The van der Waals surface area contributed by atoms with Crippen molar-refractivity contribution in [2.24, 2.45) is 5.10 Å². The maximum absolute atomic E-state index is 5.26. The third-order valence-corrected chi connectivity index (χ3v) is 3.14. The van der Waals surface area contributed by atoms with Gasteiger partial charge in [0.15, 0.2) is 0 Å². The summed E-state index contributed by atoms with van der Waals surface area (Å²) < 4.78 is 5.26. The van der Waals surface area contributed by atoms with Gasteiger partial charge in [0.2, 0.25) is 0 Å². The van der Waals surface area contributed by atoms with Gasteiger partial charge in [-0.05, 0) is 12.1 Å². The van der Waals surface area contributed by atoms with Crippen LogP contribution in [0.2, 0.25) is 0 Å². The largest absolute Gasteiger partial charge is 0.496 e. The van der Waals surface area contributed by atoms with Crippen LogP contribution in [0.5, 0.6) is 5.75 Å². The second-order valence-corrected chi connectivity index (χ2v) is 4.64. The summed E-state index contributed by atoms with van der Waals surface area (Å²) in [5.74, 6) is 1.08. The van der Waals surface area contributed by atoms with Crippen molar-refractivity contribution in [3.8, 4) is 17.0 Å². The highest BCUT2D eigenvalue weighted by molar-refractivity contribution is 5.83. The molecule has 3 aromatic rings. The number of para-hydroxylation sites is 1. The molecule has 0 unspecified atom stereocenters. The van der Waals surface area contributed by atoms with E-state index in [2.05, 4.69) is 25.7 Å². The third-order valence-electron chi connectivity index (χ3n) is 3.14. The highest BCUT2D eigenvalue weighted by Crippen LogP contribution is 2.16. The Kier molecular flexibility index (Phi) is 4.54. The van der Waals surface area contributed by atoms with Gasteiger partial charge in [0.05, 0.1) is 25.2 Å². The Morgan fingerprint density at radius 3 is 2.65 bits per heavy atom. The number of rotatable bonds is 5. The second kappa shape index (κ2) is 7.13. The molecule has 0 saturated carbocycles. The summed E-state index contributed by atoms with van der Waals surface area (Å²) in [5, 5.41) is 12.0. The molecule has 6 nitrogen and oxygen atoms in total. The number of nitrogens with zero attached hydrogens (tertiary/aromatic N) is 4. The van der Waals surface area contributed by atoms with E-state index in [0.717, 1.165) is 22.6 Å². The Morgan fingerprint density at radius 1 is 1.04 bits per heavy atom. The number of hydrogen-bond donors (Lipinski definition) is 1. The second-order valence-electron chi connectivity index (χ2n) is 4.64. The van der Waals surface area contributed by atoms with Gasteiger partial charge in [-0.1, -0.05) is 42.5 Å². The Labute approximate surface area is 133 Å². The zero-order valence-electron chi connectivity index (χ0n) is 12.5. The smallest absolute Gasteiger partial charge is 0.263 e. The fourth-order valence-corrected chi connectivity index (χ4v) is 2.03. The van der Waals surface area contributed by atoms with Gasteiger partial charge < -0.3 is 4.74 Å². The number of nitrogens with one attached hydrogen (secondary N) is 1. The molecule has 6 heteroatoms. The van der Waals surface area contributed by atoms with E-state index in [0.29, 0.717) is 5.95 Å². The molecule has 0 fully saturated rings. The van der Waals surface area contributed by atoms with E-state index in [4.69, 9.17) is 4.74 Å². The molecule has 0 amide bonds. The molecule has 3 rings (SSSR count). The van der Waals surface area contributed by atoms with Crippen LogP contribution in [0.15, 0.2) is 65.9 Å². The zero-order valence-corrected chi connectivity index (χ0v) is 12.5. The summed E-state index contributed by atoms with van der Waals surface area (Å²) in [4.78, 5) is 4.39. The summed E-state index contributed by atoms with van der Waals surface area (Å²) in [7, 11) is 1.62. The van der Waals surface area contributed by atoms with Crippen molar-refractivity contribution in [1.29, 1.82) is 0 Å². The molecule has 23 heavy (non-hydrogen) atoms. The van der Waals surface area contributed by atoms with Crippen LogP contribution in [-0.2, 0) is 0 Å². The van der Waals surface area contributed by atoms with Crippen molar-refractivity contribution >= 4 is 12.2 Å². The first-order valence-corrected chi connectivity index (χ1v) is 7.04. The third kappa shape index (κ3) is 3.68. The summed E-state index contributed by atoms with van der Waals surface area (Å²) in [6, 6.07) is 17.4. The highest BCUT2D eigenvalue weighted by Gasteiger charge is 2.02. The first kappa shape index (κ1) is 14.6. The fourth-order valence-electron chi connectivity index (χ4n) is 2.03. The standard InChI is InChI=1S/C17H15N5O/c1-23-16-10-6-5-9-14(16)11-18-21-17-20-15(12-19-22-17)13-7-3-2-4-8-13/h2-12H,1H3,(H,20,21,22)/b18-11+.